The highest BCUT2D eigenvalue weighted by Gasteiger charge is 2.10. The van der Waals surface area contributed by atoms with Crippen molar-refractivity contribution < 1.29 is 4.42 Å². The molecule has 20 heavy (non-hydrogen) atoms. The smallest absolute Gasteiger partial charge is 0.154 e. The van der Waals surface area contributed by atoms with Gasteiger partial charge in [-0.3, -0.25) is 0 Å². The molecule has 0 amide bonds. The molecule has 4 aromatic rings. The standard InChI is InChI=1S/C17H11NOS/c1-2-6-12(7-3-1)17-18-14(11-20-17)16-10-13-8-4-5-9-15(13)19-16/h1-11H. The molecule has 0 aliphatic heterocycles. The molecule has 0 radical (unpaired) electrons. The Morgan fingerprint density at radius 1 is 0.900 bits per heavy atom. The van der Waals surface area contributed by atoms with E-state index in [0.717, 1.165) is 33.0 Å². The predicted octanol–water partition coefficient (Wildman–Crippen LogP) is 5.22. The van der Waals surface area contributed by atoms with Crippen LogP contribution in [0.5, 0.6) is 0 Å². The number of rotatable bonds is 2. The third-order valence-electron chi connectivity index (χ3n) is 3.20. The van der Waals surface area contributed by atoms with Crippen LogP contribution in [0.25, 0.3) is 33.0 Å². The Balaban J connectivity index is 1.78. The quantitative estimate of drug-likeness (QED) is 0.502. The van der Waals surface area contributed by atoms with E-state index < -0.39 is 0 Å². The highest BCUT2D eigenvalue weighted by Crippen LogP contribution is 2.31. The molecule has 2 aromatic heterocycles. The number of hydrogen-bond donors (Lipinski definition) is 0. The van der Waals surface area contributed by atoms with Gasteiger partial charge >= 0.3 is 0 Å². The van der Waals surface area contributed by atoms with E-state index in [2.05, 4.69) is 17.1 Å². The fourth-order valence-electron chi connectivity index (χ4n) is 2.21. The van der Waals surface area contributed by atoms with Crippen molar-refractivity contribution in [3.8, 4) is 22.0 Å². The Kier molecular flexibility index (Phi) is 2.64. The largest absolute Gasteiger partial charge is 0.454 e. The molecule has 0 aliphatic carbocycles. The normalized spacial score (nSPS) is 11.0. The van der Waals surface area contributed by atoms with Crippen molar-refractivity contribution in [3.63, 3.8) is 0 Å². The van der Waals surface area contributed by atoms with Crippen molar-refractivity contribution >= 4 is 22.3 Å². The second-order valence-electron chi connectivity index (χ2n) is 4.55. The van der Waals surface area contributed by atoms with Crippen LogP contribution in [0.2, 0.25) is 0 Å². The Morgan fingerprint density at radius 3 is 2.55 bits per heavy atom. The highest BCUT2D eigenvalue weighted by atomic mass is 32.1. The van der Waals surface area contributed by atoms with E-state index in [1.165, 1.54) is 0 Å². The Hall–Kier alpha value is -2.39. The van der Waals surface area contributed by atoms with E-state index in [9.17, 15) is 0 Å². The molecule has 2 aromatic carbocycles. The summed E-state index contributed by atoms with van der Waals surface area (Å²) in [5, 5.41) is 4.16. The minimum Gasteiger partial charge on any atom is -0.454 e. The van der Waals surface area contributed by atoms with Gasteiger partial charge in [0.25, 0.3) is 0 Å². The van der Waals surface area contributed by atoms with Crippen LogP contribution in [0, 0.1) is 0 Å². The van der Waals surface area contributed by atoms with Crippen LogP contribution in [-0.4, -0.2) is 4.98 Å². The summed E-state index contributed by atoms with van der Waals surface area (Å²) in [6.07, 6.45) is 0. The van der Waals surface area contributed by atoms with Crippen molar-refractivity contribution in [3.05, 3.63) is 66.0 Å². The van der Waals surface area contributed by atoms with Gasteiger partial charge in [-0.25, -0.2) is 4.98 Å². The number of fused-ring (bicyclic) bond motifs is 1. The number of hydrogen-bond acceptors (Lipinski definition) is 3. The van der Waals surface area contributed by atoms with Gasteiger partial charge < -0.3 is 4.42 Å². The summed E-state index contributed by atoms with van der Waals surface area (Å²) < 4.78 is 5.85. The lowest BCUT2D eigenvalue weighted by Gasteiger charge is -1.93. The number of nitrogens with zero attached hydrogens (tertiary/aromatic N) is 1. The van der Waals surface area contributed by atoms with E-state index in [1.807, 2.05) is 53.9 Å². The first-order valence-corrected chi connectivity index (χ1v) is 7.28. The van der Waals surface area contributed by atoms with Gasteiger partial charge in [0.1, 0.15) is 16.3 Å². The zero-order valence-electron chi connectivity index (χ0n) is 10.6. The van der Waals surface area contributed by atoms with Gasteiger partial charge in [-0.15, -0.1) is 11.3 Å². The predicted molar refractivity (Wildman–Crippen MR) is 82.8 cm³/mol. The molecular formula is C17H11NOS. The van der Waals surface area contributed by atoms with E-state index in [0.29, 0.717) is 0 Å². The lowest BCUT2D eigenvalue weighted by Crippen LogP contribution is -1.76. The second kappa shape index (κ2) is 4.62. The molecule has 0 aliphatic rings. The fourth-order valence-corrected chi connectivity index (χ4v) is 3.02. The number of benzene rings is 2. The molecule has 0 bridgehead atoms. The SMILES string of the molecule is c1ccc(-c2nc(-c3cc4ccccc4o3)cs2)cc1. The molecule has 0 N–H and O–H groups in total. The number of furan rings is 1. The van der Waals surface area contributed by atoms with E-state index in [1.54, 1.807) is 11.3 Å². The maximum Gasteiger partial charge on any atom is 0.154 e. The third-order valence-corrected chi connectivity index (χ3v) is 4.09. The summed E-state index contributed by atoms with van der Waals surface area (Å²) in [5.74, 6) is 0.824. The van der Waals surface area contributed by atoms with Gasteiger partial charge in [-0.2, -0.15) is 0 Å². The Bertz CT molecular complexity index is 828. The molecular weight excluding hydrogens is 266 g/mol. The lowest BCUT2D eigenvalue weighted by molar-refractivity contribution is 0.629. The third kappa shape index (κ3) is 1.92. The molecule has 0 saturated carbocycles. The summed E-state index contributed by atoms with van der Waals surface area (Å²) in [6.45, 7) is 0. The zero-order valence-corrected chi connectivity index (χ0v) is 11.4. The molecule has 2 heterocycles. The van der Waals surface area contributed by atoms with Gasteiger partial charge in [0.05, 0.1) is 0 Å². The van der Waals surface area contributed by atoms with Gasteiger partial charge in [0, 0.05) is 16.3 Å². The average Bonchev–Trinajstić information content (AvgIpc) is 3.14. The summed E-state index contributed by atoms with van der Waals surface area (Å²) in [7, 11) is 0. The topological polar surface area (TPSA) is 26.0 Å². The maximum absolute atomic E-state index is 5.85. The van der Waals surface area contributed by atoms with E-state index in [-0.39, 0.29) is 0 Å². The van der Waals surface area contributed by atoms with Crippen molar-refractivity contribution in [2.45, 2.75) is 0 Å². The summed E-state index contributed by atoms with van der Waals surface area (Å²) in [6, 6.07) is 20.3. The van der Waals surface area contributed by atoms with Gasteiger partial charge in [0.2, 0.25) is 0 Å². The van der Waals surface area contributed by atoms with Crippen LogP contribution in [0.3, 0.4) is 0 Å². The van der Waals surface area contributed by atoms with Crippen molar-refractivity contribution in [1.82, 2.24) is 4.98 Å². The summed E-state index contributed by atoms with van der Waals surface area (Å²) in [5.41, 5.74) is 2.93. The first-order valence-electron chi connectivity index (χ1n) is 6.40. The van der Waals surface area contributed by atoms with Gasteiger partial charge in [0.15, 0.2) is 5.76 Å². The second-order valence-corrected chi connectivity index (χ2v) is 5.41. The Morgan fingerprint density at radius 2 is 1.70 bits per heavy atom. The van der Waals surface area contributed by atoms with Crippen LogP contribution in [0.1, 0.15) is 0 Å². The molecule has 96 valence electrons. The molecule has 0 unspecified atom stereocenters. The highest BCUT2D eigenvalue weighted by molar-refractivity contribution is 7.13. The van der Waals surface area contributed by atoms with Crippen LogP contribution in [-0.2, 0) is 0 Å². The minimum absolute atomic E-state index is 0.824. The molecule has 0 fully saturated rings. The monoisotopic (exact) mass is 277 g/mol. The first-order chi connectivity index (χ1) is 9.90. The number of thiazole rings is 1. The van der Waals surface area contributed by atoms with Crippen molar-refractivity contribution in [2.75, 3.05) is 0 Å². The van der Waals surface area contributed by atoms with Crippen LogP contribution in [0.15, 0.2) is 70.5 Å². The molecule has 0 atom stereocenters. The molecule has 3 heteroatoms. The summed E-state index contributed by atoms with van der Waals surface area (Å²) >= 11 is 1.64. The minimum atomic E-state index is 0.824. The molecule has 2 nitrogen and oxygen atoms in total. The number of aromatic nitrogens is 1. The van der Waals surface area contributed by atoms with Crippen molar-refractivity contribution in [2.24, 2.45) is 0 Å². The van der Waals surface area contributed by atoms with Gasteiger partial charge in [-0.05, 0) is 12.1 Å². The first kappa shape index (κ1) is 11.4. The van der Waals surface area contributed by atoms with Gasteiger partial charge in [-0.1, -0.05) is 48.5 Å². The maximum atomic E-state index is 5.85. The summed E-state index contributed by atoms with van der Waals surface area (Å²) in [4.78, 5) is 4.67. The van der Waals surface area contributed by atoms with Crippen LogP contribution < -0.4 is 0 Å². The van der Waals surface area contributed by atoms with Crippen LogP contribution >= 0.6 is 11.3 Å². The number of para-hydroxylation sites is 1. The molecule has 0 spiro atoms. The molecule has 4 rings (SSSR count). The van der Waals surface area contributed by atoms with E-state index >= 15 is 0 Å². The fraction of sp³-hybridized carbons (Fsp3) is 0. The van der Waals surface area contributed by atoms with Crippen LogP contribution in [0.4, 0.5) is 0 Å². The van der Waals surface area contributed by atoms with E-state index in [4.69, 9.17) is 4.42 Å². The Labute approximate surface area is 120 Å². The average molecular weight is 277 g/mol. The molecule has 0 saturated heterocycles. The lowest BCUT2D eigenvalue weighted by atomic mass is 10.2. The zero-order chi connectivity index (χ0) is 13.4. The van der Waals surface area contributed by atoms with Crippen molar-refractivity contribution in [1.29, 1.82) is 0 Å².